The molecule has 2 heteroatoms. The van der Waals surface area contributed by atoms with Gasteiger partial charge in [-0.05, 0) is 25.1 Å². The van der Waals surface area contributed by atoms with Crippen LogP contribution in [-0.4, -0.2) is 35.5 Å². The van der Waals surface area contributed by atoms with Crippen molar-refractivity contribution in [3.63, 3.8) is 0 Å². The van der Waals surface area contributed by atoms with Gasteiger partial charge in [0, 0.05) is 17.8 Å². The predicted molar refractivity (Wildman–Crippen MR) is 46.5 cm³/mol. The van der Waals surface area contributed by atoms with Crippen molar-refractivity contribution in [3.05, 3.63) is 0 Å². The number of rotatable bonds is 0. The summed E-state index contributed by atoms with van der Waals surface area (Å²) in [5, 5.41) is 0. The Labute approximate surface area is 67.2 Å². The number of nitrogens with zero attached hydrogens (tertiary/aromatic N) is 1. The van der Waals surface area contributed by atoms with Gasteiger partial charge in [-0.1, -0.05) is 6.92 Å². The molecule has 2 fully saturated rings. The van der Waals surface area contributed by atoms with Gasteiger partial charge in [-0.15, -0.1) is 0 Å². The van der Waals surface area contributed by atoms with E-state index in [9.17, 15) is 0 Å². The summed E-state index contributed by atoms with van der Waals surface area (Å²) in [6.45, 7) is 5.07. The fourth-order valence-electron chi connectivity index (χ4n) is 2.11. The first kappa shape index (κ1) is 6.99. The Balaban J connectivity index is 2.03. The molecule has 0 aromatic heterocycles. The molecule has 0 N–H and O–H groups in total. The van der Waals surface area contributed by atoms with E-state index in [1.54, 1.807) is 0 Å². The fourth-order valence-corrected chi connectivity index (χ4v) is 4.02. The first-order valence-electron chi connectivity index (χ1n) is 4.05. The van der Waals surface area contributed by atoms with Gasteiger partial charge in [0.25, 0.3) is 0 Å². The van der Waals surface area contributed by atoms with E-state index in [4.69, 9.17) is 0 Å². The van der Waals surface area contributed by atoms with Crippen molar-refractivity contribution in [1.82, 2.24) is 4.90 Å². The number of thioether (sulfide) groups is 1. The quantitative estimate of drug-likeness (QED) is 0.523. The zero-order valence-electron chi connectivity index (χ0n) is 6.76. The third kappa shape index (κ3) is 0.817. The van der Waals surface area contributed by atoms with Crippen LogP contribution in [-0.2, 0) is 0 Å². The van der Waals surface area contributed by atoms with E-state index in [1.165, 1.54) is 25.3 Å². The smallest absolute Gasteiger partial charge is 0.0439 e. The van der Waals surface area contributed by atoms with Crippen LogP contribution in [0, 0.1) is 5.92 Å². The highest BCUT2D eigenvalue weighted by Gasteiger charge is 2.48. The highest BCUT2D eigenvalue weighted by molar-refractivity contribution is 8.01. The van der Waals surface area contributed by atoms with Crippen LogP contribution < -0.4 is 0 Å². The maximum Gasteiger partial charge on any atom is 0.0439 e. The third-order valence-corrected chi connectivity index (χ3v) is 4.59. The van der Waals surface area contributed by atoms with Crippen LogP contribution in [0.3, 0.4) is 0 Å². The second kappa shape index (κ2) is 2.15. The second-order valence-corrected chi connectivity index (χ2v) is 5.29. The summed E-state index contributed by atoms with van der Waals surface area (Å²) in [5.41, 5.74) is 0. The van der Waals surface area contributed by atoms with Crippen LogP contribution in [0.15, 0.2) is 0 Å². The van der Waals surface area contributed by atoms with E-state index in [-0.39, 0.29) is 0 Å². The van der Waals surface area contributed by atoms with Crippen molar-refractivity contribution in [2.24, 2.45) is 5.92 Å². The highest BCUT2D eigenvalue weighted by atomic mass is 32.2. The average Bonchev–Trinajstić information content (AvgIpc) is 2.12. The minimum Gasteiger partial charge on any atom is -0.303 e. The van der Waals surface area contributed by atoms with Gasteiger partial charge >= 0.3 is 0 Å². The molecule has 1 nitrogen and oxygen atoms in total. The predicted octanol–water partition coefficient (Wildman–Crippen LogP) is 1.44. The lowest BCUT2D eigenvalue weighted by atomic mass is 9.85. The Morgan fingerprint density at radius 2 is 2.20 bits per heavy atom. The average molecular weight is 157 g/mol. The monoisotopic (exact) mass is 157 g/mol. The molecule has 0 bridgehead atoms. The van der Waals surface area contributed by atoms with Crippen LogP contribution in [0.25, 0.3) is 0 Å². The summed E-state index contributed by atoms with van der Waals surface area (Å²) in [4.78, 5) is 2.43. The van der Waals surface area contributed by atoms with E-state index in [0.717, 1.165) is 5.92 Å². The first-order chi connectivity index (χ1) is 4.73. The van der Waals surface area contributed by atoms with E-state index in [2.05, 4.69) is 30.6 Å². The lowest BCUT2D eigenvalue weighted by Gasteiger charge is -2.48. The SMILES string of the molecule is C[C@@H]1CCSC12CN(C)C2. The zero-order valence-corrected chi connectivity index (χ0v) is 7.58. The Bertz CT molecular complexity index is 140. The molecule has 0 aliphatic carbocycles. The molecule has 1 atom stereocenters. The van der Waals surface area contributed by atoms with Crippen LogP contribution in [0.1, 0.15) is 13.3 Å². The van der Waals surface area contributed by atoms with E-state index in [0.29, 0.717) is 4.75 Å². The molecule has 0 saturated carbocycles. The molecular formula is C8H15NS. The zero-order chi connectivity index (χ0) is 7.19. The van der Waals surface area contributed by atoms with Crippen molar-refractivity contribution in [1.29, 1.82) is 0 Å². The second-order valence-electron chi connectivity index (χ2n) is 3.78. The minimum atomic E-state index is 0.689. The van der Waals surface area contributed by atoms with Crippen LogP contribution in [0.5, 0.6) is 0 Å². The maximum absolute atomic E-state index is 2.43. The Hall–Kier alpha value is 0.310. The van der Waals surface area contributed by atoms with E-state index < -0.39 is 0 Å². The van der Waals surface area contributed by atoms with Crippen molar-refractivity contribution >= 4 is 11.8 Å². The van der Waals surface area contributed by atoms with Gasteiger partial charge in [0.1, 0.15) is 0 Å². The number of hydrogen-bond acceptors (Lipinski definition) is 2. The molecule has 0 amide bonds. The third-order valence-electron chi connectivity index (χ3n) is 2.91. The van der Waals surface area contributed by atoms with Gasteiger partial charge in [0.05, 0.1) is 0 Å². The lowest BCUT2D eigenvalue weighted by molar-refractivity contribution is 0.127. The summed E-state index contributed by atoms with van der Waals surface area (Å²) in [6.07, 6.45) is 1.44. The van der Waals surface area contributed by atoms with Gasteiger partial charge in [0.15, 0.2) is 0 Å². The van der Waals surface area contributed by atoms with Gasteiger partial charge in [-0.3, -0.25) is 0 Å². The lowest BCUT2D eigenvalue weighted by Crippen LogP contribution is -2.59. The van der Waals surface area contributed by atoms with Crippen molar-refractivity contribution in [2.75, 3.05) is 25.9 Å². The Morgan fingerprint density at radius 3 is 2.60 bits per heavy atom. The molecule has 2 rings (SSSR count). The molecule has 58 valence electrons. The summed E-state index contributed by atoms with van der Waals surface area (Å²) >= 11 is 2.20. The molecular weight excluding hydrogens is 142 g/mol. The molecule has 2 heterocycles. The Morgan fingerprint density at radius 1 is 1.50 bits per heavy atom. The largest absolute Gasteiger partial charge is 0.303 e. The van der Waals surface area contributed by atoms with Crippen molar-refractivity contribution < 1.29 is 0 Å². The maximum atomic E-state index is 2.43. The van der Waals surface area contributed by atoms with Gasteiger partial charge in [-0.2, -0.15) is 11.8 Å². The summed E-state index contributed by atoms with van der Waals surface area (Å²) in [5.74, 6) is 2.36. The van der Waals surface area contributed by atoms with Crippen LogP contribution in [0.2, 0.25) is 0 Å². The minimum absolute atomic E-state index is 0.689. The molecule has 0 radical (unpaired) electrons. The molecule has 2 aliphatic heterocycles. The fraction of sp³-hybridized carbons (Fsp3) is 1.00. The molecule has 0 aromatic carbocycles. The van der Waals surface area contributed by atoms with Crippen molar-refractivity contribution in [2.45, 2.75) is 18.1 Å². The normalized spacial score (nSPS) is 38.4. The number of likely N-dealkylation sites (tertiary alicyclic amines) is 1. The number of hydrogen-bond donors (Lipinski definition) is 0. The van der Waals surface area contributed by atoms with Crippen molar-refractivity contribution in [3.8, 4) is 0 Å². The highest BCUT2D eigenvalue weighted by Crippen LogP contribution is 2.48. The van der Waals surface area contributed by atoms with Gasteiger partial charge in [0.2, 0.25) is 0 Å². The standard InChI is InChI=1S/C8H15NS/c1-7-3-4-10-8(7)5-9(2)6-8/h7H,3-6H2,1-2H3/t7-/m1/s1. The molecule has 2 aliphatic rings. The topological polar surface area (TPSA) is 3.24 Å². The summed E-state index contributed by atoms with van der Waals surface area (Å²) in [6, 6.07) is 0. The molecule has 10 heavy (non-hydrogen) atoms. The first-order valence-corrected chi connectivity index (χ1v) is 5.04. The van der Waals surface area contributed by atoms with E-state index >= 15 is 0 Å². The summed E-state index contributed by atoms with van der Waals surface area (Å²) in [7, 11) is 2.22. The van der Waals surface area contributed by atoms with Crippen LogP contribution >= 0.6 is 11.8 Å². The molecule has 2 saturated heterocycles. The van der Waals surface area contributed by atoms with Gasteiger partial charge < -0.3 is 4.90 Å². The molecule has 0 aromatic rings. The molecule has 0 unspecified atom stereocenters. The van der Waals surface area contributed by atoms with Gasteiger partial charge in [-0.25, -0.2) is 0 Å². The van der Waals surface area contributed by atoms with E-state index in [1.807, 2.05) is 0 Å². The molecule has 1 spiro atoms. The van der Waals surface area contributed by atoms with Crippen LogP contribution in [0.4, 0.5) is 0 Å². The summed E-state index contributed by atoms with van der Waals surface area (Å²) < 4.78 is 0.689. The Kier molecular flexibility index (Phi) is 1.50.